The number of rotatable bonds is 3. The number of hydrogen-bond donors (Lipinski definition) is 0. The van der Waals surface area contributed by atoms with Crippen molar-refractivity contribution in [2.24, 2.45) is 0 Å². The van der Waals surface area contributed by atoms with Crippen LogP contribution in [0.1, 0.15) is 16.8 Å². The molecule has 1 saturated heterocycles. The molecular weight excluding hydrogens is 367 g/mol. The van der Waals surface area contributed by atoms with Gasteiger partial charge in [-0.2, -0.15) is 5.26 Å². The molecule has 0 radical (unpaired) electrons. The van der Waals surface area contributed by atoms with Gasteiger partial charge in [-0.25, -0.2) is 14.4 Å². The van der Waals surface area contributed by atoms with Crippen LogP contribution >= 0.6 is 0 Å². The summed E-state index contributed by atoms with van der Waals surface area (Å²) in [5, 5.41) is 8.92. The van der Waals surface area contributed by atoms with Crippen molar-refractivity contribution in [2.75, 3.05) is 36.0 Å². The van der Waals surface area contributed by atoms with E-state index >= 15 is 0 Å². The van der Waals surface area contributed by atoms with Gasteiger partial charge in [-0.05, 0) is 44.2 Å². The highest BCUT2D eigenvalue weighted by atomic mass is 19.1. The first-order chi connectivity index (χ1) is 14.1. The molecule has 0 spiro atoms. The lowest BCUT2D eigenvalue weighted by Crippen LogP contribution is -2.47. The van der Waals surface area contributed by atoms with E-state index in [-0.39, 0.29) is 5.82 Å². The van der Waals surface area contributed by atoms with Gasteiger partial charge in [-0.3, -0.25) is 4.98 Å². The van der Waals surface area contributed by atoms with E-state index in [1.54, 1.807) is 18.3 Å². The van der Waals surface area contributed by atoms with E-state index < -0.39 is 0 Å². The highest BCUT2D eigenvalue weighted by molar-refractivity contribution is 5.59. The molecule has 6 nitrogen and oxygen atoms in total. The molecule has 1 aliphatic heterocycles. The van der Waals surface area contributed by atoms with Gasteiger partial charge in [-0.15, -0.1) is 0 Å². The maximum absolute atomic E-state index is 14.4. The van der Waals surface area contributed by atoms with E-state index in [1.165, 1.54) is 6.07 Å². The van der Waals surface area contributed by atoms with Gasteiger partial charge in [0.1, 0.15) is 17.3 Å². The average Bonchev–Trinajstić information content (AvgIpc) is 2.76. The normalized spacial score (nSPS) is 14.0. The van der Waals surface area contributed by atoms with Crippen molar-refractivity contribution >= 4 is 11.5 Å². The molecule has 7 heteroatoms. The van der Waals surface area contributed by atoms with Crippen molar-refractivity contribution < 1.29 is 4.39 Å². The quantitative estimate of drug-likeness (QED) is 0.684. The number of nitriles is 1. The summed E-state index contributed by atoms with van der Waals surface area (Å²) in [5.74, 6) is 1.16. The van der Waals surface area contributed by atoms with Crippen molar-refractivity contribution in [3.05, 3.63) is 65.2 Å². The Morgan fingerprint density at radius 2 is 1.76 bits per heavy atom. The van der Waals surface area contributed by atoms with Crippen LogP contribution in [-0.2, 0) is 0 Å². The van der Waals surface area contributed by atoms with Crippen molar-refractivity contribution in [3.63, 3.8) is 0 Å². The number of aromatic nitrogens is 3. The van der Waals surface area contributed by atoms with E-state index in [9.17, 15) is 4.39 Å². The molecule has 29 heavy (non-hydrogen) atoms. The molecule has 1 aromatic carbocycles. The Balaban J connectivity index is 1.56. The minimum Gasteiger partial charge on any atom is -0.366 e. The molecule has 1 aliphatic rings. The summed E-state index contributed by atoms with van der Waals surface area (Å²) in [4.78, 5) is 18.0. The van der Waals surface area contributed by atoms with E-state index in [4.69, 9.17) is 10.2 Å². The van der Waals surface area contributed by atoms with E-state index in [0.717, 1.165) is 35.9 Å². The third kappa shape index (κ3) is 3.74. The monoisotopic (exact) mass is 388 g/mol. The van der Waals surface area contributed by atoms with Crippen LogP contribution in [0, 0.1) is 31.0 Å². The lowest BCUT2D eigenvalue weighted by molar-refractivity contribution is 0.595. The summed E-state index contributed by atoms with van der Waals surface area (Å²) in [7, 11) is 0. The molecule has 2 aromatic heterocycles. The number of aryl methyl sites for hydroxylation is 1. The summed E-state index contributed by atoms with van der Waals surface area (Å²) in [6.45, 7) is 6.79. The smallest absolute Gasteiger partial charge is 0.180 e. The zero-order valence-electron chi connectivity index (χ0n) is 16.4. The predicted octanol–water partition coefficient (Wildman–Crippen LogP) is 3.49. The average molecular weight is 388 g/mol. The second-order valence-corrected chi connectivity index (χ2v) is 7.05. The third-order valence-electron chi connectivity index (χ3n) is 5.25. The van der Waals surface area contributed by atoms with Crippen LogP contribution < -0.4 is 9.80 Å². The molecule has 1 fully saturated rings. The summed E-state index contributed by atoms with van der Waals surface area (Å²) in [5.41, 5.74) is 3.58. The third-order valence-corrected chi connectivity index (χ3v) is 5.25. The molecule has 0 aliphatic carbocycles. The zero-order chi connectivity index (χ0) is 20.4. The molecule has 146 valence electrons. The fourth-order valence-electron chi connectivity index (χ4n) is 3.52. The first kappa shape index (κ1) is 18.8. The van der Waals surface area contributed by atoms with Crippen LogP contribution in [0.2, 0.25) is 0 Å². The largest absolute Gasteiger partial charge is 0.366 e. The summed E-state index contributed by atoms with van der Waals surface area (Å²) < 4.78 is 14.4. The molecule has 0 amide bonds. The Morgan fingerprint density at radius 1 is 1.00 bits per heavy atom. The number of piperazine rings is 1. The molecule has 0 atom stereocenters. The Labute approximate surface area is 169 Å². The van der Waals surface area contributed by atoms with Gasteiger partial charge >= 0.3 is 0 Å². The standard InChI is InChI=1S/C22H21FN6/c1-15-16(2)26-21(19-5-3-4-8-25-19)27-22(15)29-11-9-28(10-12-29)20-7-6-17(14-24)13-18(20)23/h3-8,13H,9-12H2,1-2H3. The molecule has 4 rings (SSSR count). The first-order valence-corrected chi connectivity index (χ1v) is 9.53. The van der Waals surface area contributed by atoms with Crippen LogP contribution in [0.3, 0.4) is 0 Å². The predicted molar refractivity (Wildman–Crippen MR) is 110 cm³/mol. The highest BCUT2D eigenvalue weighted by Gasteiger charge is 2.23. The molecule has 3 heterocycles. The highest BCUT2D eigenvalue weighted by Crippen LogP contribution is 2.27. The molecular formula is C22H21FN6. The number of benzene rings is 1. The van der Waals surface area contributed by atoms with Crippen LogP contribution in [0.15, 0.2) is 42.6 Å². The van der Waals surface area contributed by atoms with Gasteiger partial charge in [0, 0.05) is 43.6 Å². The summed E-state index contributed by atoms with van der Waals surface area (Å²) >= 11 is 0. The van der Waals surface area contributed by atoms with Crippen molar-refractivity contribution in [1.29, 1.82) is 5.26 Å². The minimum atomic E-state index is -0.357. The van der Waals surface area contributed by atoms with Gasteiger partial charge in [0.05, 0.1) is 17.3 Å². The number of pyridine rings is 1. The fraction of sp³-hybridized carbons (Fsp3) is 0.273. The second-order valence-electron chi connectivity index (χ2n) is 7.05. The van der Waals surface area contributed by atoms with Crippen LogP contribution in [0.4, 0.5) is 15.9 Å². The number of hydrogen-bond acceptors (Lipinski definition) is 6. The maximum Gasteiger partial charge on any atom is 0.180 e. The lowest BCUT2D eigenvalue weighted by Gasteiger charge is -2.37. The van der Waals surface area contributed by atoms with Gasteiger partial charge in [-0.1, -0.05) is 6.07 Å². The van der Waals surface area contributed by atoms with Gasteiger partial charge < -0.3 is 9.80 Å². The SMILES string of the molecule is Cc1nc(-c2ccccn2)nc(N2CCN(c3ccc(C#N)cc3F)CC2)c1C. The van der Waals surface area contributed by atoms with Crippen LogP contribution in [0.25, 0.3) is 11.5 Å². The Kier molecular flexibility index (Phi) is 5.09. The lowest BCUT2D eigenvalue weighted by atomic mass is 10.1. The van der Waals surface area contributed by atoms with Crippen LogP contribution in [-0.4, -0.2) is 41.1 Å². The Hall–Kier alpha value is -3.53. The van der Waals surface area contributed by atoms with Crippen molar-refractivity contribution in [2.45, 2.75) is 13.8 Å². The zero-order valence-corrected chi connectivity index (χ0v) is 16.4. The number of halogens is 1. The minimum absolute atomic E-state index is 0.332. The topological polar surface area (TPSA) is 68.9 Å². The number of anilines is 2. The van der Waals surface area contributed by atoms with Crippen molar-refractivity contribution in [3.8, 4) is 17.6 Å². The van der Waals surface area contributed by atoms with E-state index in [1.807, 2.05) is 43.0 Å². The van der Waals surface area contributed by atoms with E-state index in [0.29, 0.717) is 30.2 Å². The number of nitrogens with zero attached hydrogens (tertiary/aromatic N) is 6. The molecule has 0 N–H and O–H groups in total. The maximum atomic E-state index is 14.4. The summed E-state index contributed by atoms with van der Waals surface area (Å²) in [6.07, 6.45) is 1.73. The Bertz CT molecular complexity index is 1070. The van der Waals surface area contributed by atoms with Crippen molar-refractivity contribution in [1.82, 2.24) is 15.0 Å². The summed E-state index contributed by atoms with van der Waals surface area (Å²) in [6, 6.07) is 12.3. The van der Waals surface area contributed by atoms with Gasteiger partial charge in [0.25, 0.3) is 0 Å². The van der Waals surface area contributed by atoms with Gasteiger partial charge in [0.15, 0.2) is 5.82 Å². The molecule has 3 aromatic rings. The Morgan fingerprint density at radius 3 is 2.41 bits per heavy atom. The van der Waals surface area contributed by atoms with E-state index in [2.05, 4.69) is 14.9 Å². The molecule has 0 bridgehead atoms. The fourth-order valence-corrected chi connectivity index (χ4v) is 3.52. The van der Waals surface area contributed by atoms with Gasteiger partial charge in [0.2, 0.25) is 0 Å². The van der Waals surface area contributed by atoms with Crippen LogP contribution in [0.5, 0.6) is 0 Å². The first-order valence-electron chi connectivity index (χ1n) is 9.53. The molecule has 0 saturated carbocycles. The molecule has 0 unspecified atom stereocenters. The second kappa shape index (κ2) is 7.84.